The van der Waals surface area contributed by atoms with E-state index in [1.54, 1.807) is 0 Å². The summed E-state index contributed by atoms with van der Waals surface area (Å²) in [5.41, 5.74) is 2.38. The largest absolute Gasteiger partial charge is 0.405 e. The summed E-state index contributed by atoms with van der Waals surface area (Å²) < 4.78 is 38.8. The van der Waals surface area contributed by atoms with Crippen molar-refractivity contribution in [2.75, 3.05) is 39.3 Å². The van der Waals surface area contributed by atoms with E-state index in [0.717, 1.165) is 74.2 Å². The maximum absolute atomic E-state index is 13.5. The van der Waals surface area contributed by atoms with Crippen molar-refractivity contribution in [1.82, 2.24) is 15.5 Å². The molecular weight excluding hydrogens is 415 g/mol. The maximum Gasteiger partial charge on any atom is 0.405 e. The number of carbonyl (C=O) groups is 1. The number of amides is 1. The van der Waals surface area contributed by atoms with Crippen molar-refractivity contribution in [3.05, 3.63) is 59.7 Å². The molecule has 0 bridgehead atoms. The van der Waals surface area contributed by atoms with Gasteiger partial charge in [-0.1, -0.05) is 55.0 Å². The molecule has 2 aliphatic rings. The molecule has 2 N–H and O–H groups in total. The first-order valence-corrected chi connectivity index (χ1v) is 11.4. The highest BCUT2D eigenvalue weighted by molar-refractivity contribution is 6.00. The van der Waals surface area contributed by atoms with E-state index in [4.69, 9.17) is 0 Å². The summed E-state index contributed by atoms with van der Waals surface area (Å²) in [4.78, 5) is 15.9. The minimum absolute atomic E-state index is 0.483. The fourth-order valence-electron chi connectivity index (χ4n) is 5.14. The van der Waals surface area contributed by atoms with Crippen LogP contribution in [0, 0.1) is 0 Å². The summed E-state index contributed by atoms with van der Waals surface area (Å²) in [5.74, 6) is -0.564. The van der Waals surface area contributed by atoms with Gasteiger partial charge in [-0.15, -0.1) is 0 Å². The lowest BCUT2D eigenvalue weighted by Crippen LogP contribution is -2.47. The van der Waals surface area contributed by atoms with E-state index in [-0.39, 0.29) is 0 Å². The van der Waals surface area contributed by atoms with Crippen LogP contribution in [0.5, 0.6) is 0 Å². The van der Waals surface area contributed by atoms with Gasteiger partial charge in [-0.05, 0) is 61.2 Å². The van der Waals surface area contributed by atoms with Gasteiger partial charge < -0.3 is 15.5 Å². The fraction of sp³-hybridized carbons (Fsp3) is 0.480. The standard InChI is InChI=1S/C25H30F3N3O/c26-25(27,28)18-30-23(32)24(12-5-6-15-31-16-7-13-29-14-17-31)21-10-3-1-8-19(21)20-9-2-4-11-22(20)24/h1-4,8-11,29H,5-7,12-18H2,(H,30,32). The van der Waals surface area contributed by atoms with Crippen molar-refractivity contribution in [3.63, 3.8) is 0 Å². The minimum atomic E-state index is -4.45. The zero-order valence-corrected chi connectivity index (χ0v) is 18.2. The third-order valence-electron chi connectivity index (χ3n) is 6.61. The van der Waals surface area contributed by atoms with Gasteiger partial charge >= 0.3 is 6.18 Å². The molecule has 32 heavy (non-hydrogen) atoms. The zero-order valence-electron chi connectivity index (χ0n) is 18.2. The minimum Gasteiger partial charge on any atom is -0.346 e. The van der Waals surface area contributed by atoms with Crippen LogP contribution in [-0.2, 0) is 10.2 Å². The molecule has 7 heteroatoms. The van der Waals surface area contributed by atoms with E-state index in [1.807, 2.05) is 48.5 Å². The smallest absolute Gasteiger partial charge is 0.346 e. The molecule has 1 aliphatic carbocycles. The Balaban J connectivity index is 1.59. The van der Waals surface area contributed by atoms with E-state index in [9.17, 15) is 18.0 Å². The molecule has 4 nitrogen and oxygen atoms in total. The molecule has 0 aromatic heterocycles. The van der Waals surface area contributed by atoms with Gasteiger partial charge in [0.05, 0.1) is 0 Å². The van der Waals surface area contributed by atoms with Crippen LogP contribution >= 0.6 is 0 Å². The number of halogens is 3. The number of carbonyl (C=O) groups excluding carboxylic acids is 1. The van der Waals surface area contributed by atoms with Gasteiger partial charge in [0.15, 0.2) is 0 Å². The van der Waals surface area contributed by atoms with Crippen molar-refractivity contribution in [2.24, 2.45) is 0 Å². The van der Waals surface area contributed by atoms with Crippen molar-refractivity contribution < 1.29 is 18.0 Å². The molecule has 0 atom stereocenters. The lowest BCUT2D eigenvalue weighted by atomic mass is 9.73. The SMILES string of the molecule is O=C(NCC(F)(F)F)C1(CCCCN2CCCNCC2)c2ccccc2-c2ccccc21. The molecule has 1 fully saturated rings. The summed E-state index contributed by atoms with van der Waals surface area (Å²) in [7, 11) is 0. The molecule has 1 aliphatic heterocycles. The average Bonchev–Trinajstić information content (AvgIpc) is 2.91. The van der Waals surface area contributed by atoms with Gasteiger partial charge in [-0.25, -0.2) is 0 Å². The predicted molar refractivity (Wildman–Crippen MR) is 120 cm³/mol. The maximum atomic E-state index is 13.5. The molecule has 2 aromatic rings. The molecule has 4 rings (SSSR count). The van der Waals surface area contributed by atoms with Crippen LogP contribution in [0.1, 0.15) is 36.8 Å². The fourth-order valence-corrected chi connectivity index (χ4v) is 5.14. The number of nitrogens with one attached hydrogen (secondary N) is 2. The van der Waals surface area contributed by atoms with Crippen LogP contribution in [0.3, 0.4) is 0 Å². The quantitative estimate of drug-likeness (QED) is 0.631. The Kier molecular flexibility index (Phi) is 6.86. The highest BCUT2D eigenvalue weighted by Crippen LogP contribution is 2.51. The summed E-state index contributed by atoms with van der Waals surface area (Å²) in [6.07, 6.45) is -1.19. The Morgan fingerprint density at radius 2 is 1.62 bits per heavy atom. The third kappa shape index (κ3) is 4.69. The molecule has 0 spiro atoms. The summed E-state index contributed by atoms with van der Waals surface area (Å²) >= 11 is 0. The normalized spacial score (nSPS) is 18.0. The van der Waals surface area contributed by atoms with Crippen molar-refractivity contribution >= 4 is 5.91 Å². The molecular formula is C25H30F3N3O. The molecule has 1 heterocycles. The Morgan fingerprint density at radius 3 is 2.28 bits per heavy atom. The van der Waals surface area contributed by atoms with Crippen molar-refractivity contribution in [1.29, 1.82) is 0 Å². The van der Waals surface area contributed by atoms with Gasteiger partial charge in [0, 0.05) is 13.1 Å². The third-order valence-corrected chi connectivity index (χ3v) is 6.61. The Morgan fingerprint density at radius 1 is 0.969 bits per heavy atom. The van der Waals surface area contributed by atoms with E-state index in [1.165, 1.54) is 0 Å². The van der Waals surface area contributed by atoms with Gasteiger partial charge in [0.1, 0.15) is 12.0 Å². The van der Waals surface area contributed by atoms with Gasteiger partial charge in [-0.2, -0.15) is 13.2 Å². The average molecular weight is 446 g/mol. The lowest BCUT2D eigenvalue weighted by Gasteiger charge is -2.31. The molecule has 172 valence electrons. The molecule has 0 saturated carbocycles. The van der Waals surface area contributed by atoms with Crippen LogP contribution in [0.15, 0.2) is 48.5 Å². The van der Waals surface area contributed by atoms with Crippen molar-refractivity contribution in [3.8, 4) is 11.1 Å². The number of benzene rings is 2. The van der Waals surface area contributed by atoms with Crippen molar-refractivity contribution in [2.45, 2.75) is 37.3 Å². The Labute approximate surface area is 187 Å². The first kappa shape index (κ1) is 22.8. The van der Waals surface area contributed by atoms with Gasteiger partial charge in [0.25, 0.3) is 0 Å². The Hall–Kier alpha value is -2.38. The molecule has 1 saturated heterocycles. The highest BCUT2D eigenvalue weighted by atomic mass is 19.4. The molecule has 2 aromatic carbocycles. The number of rotatable bonds is 7. The summed E-state index contributed by atoms with van der Waals surface area (Å²) in [6, 6.07) is 15.2. The van der Waals surface area contributed by atoms with Crippen LogP contribution in [-0.4, -0.2) is 56.3 Å². The van der Waals surface area contributed by atoms with E-state index in [0.29, 0.717) is 6.42 Å². The van der Waals surface area contributed by atoms with Crippen LogP contribution in [0.4, 0.5) is 13.2 Å². The second-order valence-electron chi connectivity index (χ2n) is 8.70. The van der Waals surface area contributed by atoms with Crippen LogP contribution < -0.4 is 10.6 Å². The zero-order chi connectivity index (χ0) is 22.6. The number of alkyl halides is 3. The predicted octanol–water partition coefficient (Wildman–Crippen LogP) is 4.10. The second-order valence-corrected chi connectivity index (χ2v) is 8.70. The lowest BCUT2D eigenvalue weighted by molar-refractivity contribution is -0.141. The van der Waals surface area contributed by atoms with Gasteiger partial charge in [0.2, 0.25) is 5.91 Å². The number of hydrogen-bond acceptors (Lipinski definition) is 3. The molecule has 1 amide bonds. The van der Waals surface area contributed by atoms with E-state index in [2.05, 4.69) is 15.5 Å². The molecule has 0 unspecified atom stereocenters. The number of unbranched alkanes of at least 4 members (excludes halogenated alkanes) is 1. The van der Waals surface area contributed by atoms with E-state index >= 15 is 0 Å². The highest BCUT2D eigenvalue weighted by Gasteiger charge is 2.49. The van der Waals surface area contributed by atoms with Gasteiger partial charge in [-0.3, -0.25) is 4.79 Å². The summed E-state index contributed by atoms with van der Waals surface area (Å²) in [5, 5.41) is 5.60. The first-order chi connectivity index (χ1) is 15.4. The topological polar surface area (TPSA) is 44.4 Å². The van der Waals surface area contributed by atoms with Crippen LogP contribution in [0.2, 0.25) is 0 Å². The monoisotopic (exact) mass is 445 g/mol. The second kappa shape index (κ2) is 9.63. The summed E-state index contributed by atoms with van der Waals surface area (Å²) in [6.45, 7) is 3.68. The Bertz CT molecular complexity index is 891. The number of fused-ring (bicyclic) bond motifs is 3. The number of nitrogens with zero attached hydrogens (tertiary/aromatic N) is 1. The number of hydrogen-bond donors (Lipinski definition) is 2. The van der Waals surface area contributed by atoms with E-state index < -0.39 is 24.0 Å². The van der Waals surface area contributed by atoms with Crippen LogP contribution in [0.25, 0.3) is 11.1 Å². The first-order valence-electron chi connectivity index (χ1n) is 11.4. The molecule has 0 radical (unpaired) electrons.